The maximum Gasteiger partial charge on any atom is 0.146 e. The van der Waals surface area contributed by atoms with Gasteiger partial charge in [-0.05, 0) is 26.4 Å². The first-order chi connectivity index (χ1) is 7.04. The van der Waals surface area contributed by atoms with Gasteiger partial charge in [0.2, 0.25) is 0 Å². The van der Waals surface area contributed by atoms with Gasteiger partial charge in [-0.15, -0.1) is 0 Å². The number of hydrogen-bond donors (Lipinski definition) is 0. The number of Topliss-reactive ketones (excluding diaryl/α,β-unsaturated/α-hetero) is 1. The molecule has 1 heterocycles. The number of likely N-dealkylation sites (tertiary alicyclic amines) is 1. The van der Waals surface area contributed by atoms with E-state index in [4.69, 9.17) is 0 Å². The smallest absolute Gasteiger partial charge is 0.146 e. The van der Waals surface area contributed by atoms with Crippen LogP contribution >= 0.6 is 0 Å². The molecule has 88 valence electrons. The Bertz CT molecular complexity index is 216. The average Bonchev–Trinajstić information content (AvgIpc) is 2.47. The minimum atomic E-state index is 0.393. The lowest BCUT2D eigenvalue weighted by Gasteiger charge is -2.22. The molecule has 0 amide bonds. The van der Waals surface area contributed by atoms with Crippen molar-refractivity contribution in [3.63, 3.8) is 0 Å². The Kier molecular flexibility index (Phi) is 4.74. The summed E-state index contributed by atoms with van der Waals surface area (Å²) in [4.78, 5) is 16.1. The first-order valence-electron chi connectivity index (χ1n) is 5.95. The molecule has 2 unspecified atom stereocenters. The molecule has 0 radical (unpaired) electrons. The Morgan fingerprint density at radius 1 is 1.40 bits per heavy atom. The summed E-state index contributed by atoms with van der Waals surface area (Å²) >= 11 is 0. The molecule has 3 nitrogen and oxygen atoms in total. The van der Waals surface area contributed by atoms with Crippen molar-refractivity contribution in [2.75, 3.05) is 33.7 Å². The molecule has 1 aliphatic heterocycles. The maximum absolute atomic E-state index is 11.5. The standard InChI is InChI=1S/C12H24N2O/c1-5-6-11(15)8-14-7-10(2)12(9-14)13(3)4/h10,12H,5-9H2,1-4H3. The monoisotopic (exact) mass is 212 g/mol. The lowest BCUT2D eigenvalue weighted by Crippen LogP contribution is -2.35. The van der Waals surface area contributed by atoms with Gasteiger partial charge in [0, 0.05) is 25.6 Å². The second-order valence-corrected chi connectivity index (χ2v) is 4.99. The van der Waals surface area contributed by atoms with Gasteiger partial charge >= 0.3 is 0 Å². The molecule has 1 fully saturated rings. The van der Waals surface area contributed by atoms with Crippen LogP contribution in [-0.4, -0.2) is 55.4 Å². The summed E-state index contributed by atoms with van der Waals surface area (Å²) in [5.41, 5.74) is 0. The lowest BCUT2D eigenvalue weighted by molar-refractivity contribution is -0.120. The Morgan fingerprint density at radius 3 is 2.53 bits per heavy atom. The van der Waals surface area contributed by atoms with E-state index < -0.39 is 0 Å². The first kappa shape index (κ1) is 12.7. The number of rotatable bonds is 5. The van der Waals surface area contributed by atoms with Crippen LogP contribution in [0.3, 0.4) is 0 Å². The van der Waals surface area contributed by atoms with Crippen LogP contribution in [0.15, 0.2) is 0 Å². The van der Waals surface area contributed by atoms with Crippen molar-refractivity contribution in [3.05, 3.63) is 0 Å². The van der Waals surface area contributed by atoms with Crippen molar-refractivity contribution in [1.82, 2.24) is 9.80 Å². The molecular weight excluding hydrogens is 188 g/mol. The zero-order chi connectivity index (χ0) is 11.4. The predicted octanol–water partition coefficient (Wildman–Crippen LogP) is 1.24. The van der Waals surface area contributed by atoms with Crippen LogP contribution in [0.5, 0.6) is 0 Å². The molecule has 0 N–H and O–H groups in total. The van der Waals surface area contributed by atoms with Gasteiger partial charge in [0.1, 0.15) is 5.78 Å². The van der Waals surface area contributed by atoms with Gasteiger partial charge in [-0.25, -0.2) is 0 Å². The van der Waals surface area contributed by atoms with Crippen LogP contribution in [-0.2, 0) is 4.79 Å². The topological polar surface area (TPSA) is 23.6 Å². The quantitative estimate of drug-likeness (QED) is 0.685. The number of hydrogen-bond acceptors (Lipinski definition) is 3. The van der Waals surface area contributed by atoms with Gasteiger partial charge in [0.25, 0.3) is 0 Å². The maximum atomic E-state index is 11.5. The number of ketones is 1. The lowest BCUT2D eigenvalue weighted by atomic mass is 10.1. The van der Waals surface area contributed by atoms with Gasteiger partial charge in [-0.2, -0.15) is 0 Å². The van der Waals surface area contributed by atoms with Crippen molar-refractivity contribution < 1.29 is 4.79 Å². The molecule has 1 saturated heterocycles. The Labute approximate surface area is 93.4 Å². The van der Waals surface area contributed by atoms with E-state index in [1.165, 1.54) is 0 Å². The van der Waals surface area contributed by atoms with E-state index in [2.05, 4.69) is 37.7 Å². The molecule has 0 spiro atoms. The fourth-order valence-electron chi connectivity index (χ4n) is 2.46. The highest BCUT2D eigenvalue weighted by molar-refractivity contribution is 5.80. The second kappa shape index (κ2) is 5.61. The molecule has 15 heavy (non-hydrogen) atoms. The Balaban J connectivity index is 2.38. The van der Waals surface area contributed by atoms with E-state index >= 15 is 0 Å². The number of carbonyl (C=O) groups excluding carboxylic acids is 1. The minimum Gasteiger partial charge on any atom is -0.305 e. The second-order valence-electron chi connectivity index (χ2n) is 4.99. The fraction of sp³-hybridized carbons (Fsp3) is 0.917. The van der Waals surface area contributed by atoms with Gasteiger partial charge in [0.15, 0.2) is 0 Å². The average molecular weight is 212 g/mol. The van der Waals surface area contributed by atoms with E-state index in [1.807, 2.05) is 0 Å². The van der Waals surface area contributed by atoms with Crippen LogP contribution in [0.2, 0.25) is 0 Å². The van der Waals surface area contributed by atoms with E-state index in [1.54, 1.807) is 0 Å². The summed E-state index contributed by atoms with van der Waals surface area (Å²) < 4.78 is 0. The third kappa shape index (κ3) is 3.58. The highest BCUT2D eigenvalue weighted by Gasteiger charge is 2.31. The molecule has 0 aromatic heterocycles. The highest BCUT2D eigenvalue weighted by atomic mass is 16.1. The minimum absolute atomic E-state index is 0.393. The van der Waals surface area contributed by atoms with E-state index in [0.29, 0.717) is 24.3 Å². The first-order valence-corrected chi connectivity index (χ1v) is 5.95. The Hall–Kier alpha value is -0.410. The molecule has 0 aliphatic carbocycles. The van der Waals surface area contributed by atoms with Crippen molar-refractivity contribution in [2.45, 2.75) is 32.7 Å². The van der Waals surface area contributed by atoms with Gasteiger partial charge in [-0.1, -0.05) is 13.8 Å². The van der Waals surface area contributed by atoms with Crippen LogP contribution in [0.4, 0.5) is 0 Å². The summed E-state index contributed by atoms with van der Waals surface area (Å²) in [7, 11) is 4.25. The largest absolute Gasteiger partial charge is 0.305 e. The molecule has 2 atom stereocenters. The molecule has 3 heteroatoms. The Morgan fingerprint density at radius 2 is 2.07 bits per heavy atom. The summed E-state index contributed by atoms with van der Waals surface area (Å²) in [5, 5.41) is 0. The summed E-state index contributed by atoms with van der Waals surface area (Å²) in [5.74, 6) is 1.07. The fourth-order valence-corrected chi connectivity index (χ4v) is 2.46. The van der Waals surface area contributed by atoms with Gasteiger partial charge in [-0.3, -0.25) is 9.69 Å². The van der Waals surface area contributed by atoms with E-state index in [0.717, 1.165) is 25.9 Å². The molecule has 0 bridgehead atoms. The molecular formula is C12H24N2O. The summed E-state index contributed by atoms with van der Waals surface area (Å²) in [6.07, 6.45) is 1.71. The predicted molar refractivity (Wildman–Crippen MR) is 63.0 cm³/mol. The summed E-state index contributed by atoms with van der Waals surface area (Å²) in [6.45, 7) is 7.10. The number of likely N-dealkylation sites (N-methyl/N-ethyl adjacent to an activating group) is 1. The third-order valence-corrected chi connectivity index (χ3v) is 3.24. The highest BCUT2D eigenvalue weighted by Crippen LogP contribution is 2.19. The van der Waals surface area contributed by atoms with Crippen LogP contribution in [0.1, 0.15) is 26.7 Å². The van der Waals surface area contributed by atoms with Crippen LogP contribution in [0, 0.1) is 5.92 Å². The molecule has 0 aromatic carbocycles. The van der Waals surface area contributed by atoms with Crippen molar-refractivity contribution in [3.8, 4) is 0 Å². The molecule has 1 rings (SSSR count). The third-order valence-electron chi connectivity index (χ3n) is 3.24. The van der Waals surface area contributed by atoms with Crippen molar-refractivity contribution >= 4 is 5.78 Å². The van der Waals surface area contributed by atoms with Gasteiger partial charge in [0.05, 0.1) is 6.54 Å². The van der Waals surface area contributed by atoms with Gasteiger partial charge < -0.3 is 4.90 Å². The molecule has 0 saturated carbocycles. The number of carbonyl (C=O) groups is 1. The zero-order valence-corrected chi connectivity index (χ0v) is 10.5. The normalized spacial score (nSPS) is 27.5. The van der Waals surface area contributed by atoms with Crippen molar-refractivity contribution in [1.29, 1.82) is 0 Å². The molecule has 1 aliphatic rings. The SMILES string of the molecule is CCCC(=O)CN1CC(C)C(N(C)C)C1. The van der Waals surface area contributed by atoms with Crippen molar-refractivity contribution in [2.24, 2.45) is 5.92 Å². The summed E-state index contributed by atoms with van der Waals surface area (Å²) in [6, 6.07) is 0.611. The molecule has 0 aromatic rings. The van der Waals surface area contributed by atoms with Crippen LogP contribution < -0.4 is 0 Å². The number of nitrogens with zero attached hydrogens (tertiary/aromatic N) is 2. The van der Waals surface area contributed by atoms with E-state index in [9.17, 15) is 4.79 Å². The zero-order valence-electron chi connectivity index (χ0n) is 10.5. The van der Waals surface area contributed by atoms with Crippen LogP contribution in [0.25, 0.3) is 0 Å². The van der Waals surface area contributed by atoms with E-state index in [-0.39, 0.29) is 0 Å².